The molecule has 6 nitrogen and oxygen atoms in total. The van der Waals surface area contributed by atoms with E-state index in [1.807, 2.05) is 19.0 Å². The van der Waals surface area contributed by atoms with E-state index in [2.05, 4.69) is 19.2 Å². The van der Waals surface area contributed by atoms with Crippen molar-refractivity contribution in [3.8, 4) is 0 Å². The Morgan fingerprint density at radius 2 is 1.89 bits per heavy atom. The van der Waals surface area contributed by atoms with E-state index in [0.29, 0.717) is 12.5 Å². The fourth-order valence-corrected chi connectivity index (χ4v) is 1.65. The van der Waals surface area contributed by atoms with Crippen molar-refractivity contribution in [1.29, 1.82) is 0 Å². The third-order valence-corrected chi connectivity index (χ3v) is 2.72. The summed E-state index contributed by atoms with van der Waals surface area (Å²) in [6, 6.07) is -0.754. The molecular weight excluding hydrogens is 234 g/mol. The molecule has 106 valence electrons. The molecule has 1 amide bonds. The highest BCUT2D eigenvalue weighted by atomic mass is 16.4. The molecule has 0 radical (unpaired) electrons. The quantitative estimate of drug-likeness (QED) is 0.565. The van der Waals surface area contributed by atoms with Crippen molar-refractivity contribution in [1.82, 2.24) is 10.2 Å². The van der Waals surface area contributed by atoms with Crippen molar-refractivity contribution in [3.05, 3.63) is 0 Å². The van der Waals surface area contributed by atoms with Gasteiger partial charge in [0.15, 0.2) is 0 Å². The lowest BCUT2D eigenvalue weighted by molar-refractivity contribution is -0.139. The Labute approximate surface area is 109 Å². The molecular formula is C12H25N3O3. The largest absolute Gasteiger partial charge is 0.481 e. The van der Waals surface area contributed by atoms with E-state index in [1.54, 1.807) is 0 Å². The minimum absolute atomic E-state index is 0.228. The van der Waals surface area contributed by atoms with E-state index in [1.165, 1.54) is 0 Å². The number of hydrogen-bond acceptors (Lipinski definition) is 4. The highest BCUT2D eigenvalue weighted by Gasteiger charge is 2.19. The maximum atomic E-state index is 11.6. The number of nitrogens with two attached hydrogens (primary N) is 1. The summed E-state index contributed by atoms with van der Waals surface area (Å²) in [5.41, 5.74) is 5.48. The molecule has 6 heteroatoms. The second kappa shape index (κ2) is 8.05. The van der Waals surface area contributed by atoms with E-state index in [0.717, 1.165) is 6.42 Å². The van der Waals surface area contributed by atoms with Gasteiger partial charge in [-0.15, -0.1) is 0 Å². The Bertz CT molecular complexity index is 280. The molecule has 2 atom stereocenters. The number of carboxylic acid groups (broad SMARTS) is 1. The van der Waals surface area contributed by atoms with Gasteiger partial charge < -0.3 is 21.1 Å². The Hall–Kier alpha value is -1.14. The summed E-state index contributed by atoms with van der Waals surface area (Å²) in [4.78, 5) is 24.1. The van der Waals surface area contributed by atoms with Crippen molar-refractivity contribution >= 4 is 11.9 Å². The summed E-state index contributed by atoms with van der Waals surface area (Å²) in [5, 5.41) is 11.3. The number of nitrogens with zero attached hydrogens (tertiary/aromatic N) is 1. The van der Waals surface area contributed by atoms with Gasteiger partial charge in [-0.1, -0.05) is 13.8 Å². The van der Waals surface area contributed by atoms with Gasteiger partial charge in [-0.3, -0.25) is 9.59 Å². The molecule has 0 aliphatic carbocycles. The molecule has 0 fully saturated rings. The van der Waals surface area contributed by atoms with E-state index in [9.17, 15) is 9.59 Å². The highest BCUT2D eigenvalue weighted by Crippen LogP contribution is 2.08. The predicted octanol–water partition coefficient (Wildman–Crippen LogP) is -0.119. The van der Waals surface area contributed by atoms with Crippen LogP contribution in [-0.2, 0) is 9.59 Å². The minimum atomic E-state index is -1.07. The van der Waals surface area contributed by atoms with Crippen LogP contribution < -0.4 is 11.1 Å². The van der Waals surface area contributed by atoms with Crippen molar-refractivity contribution in [2.45, 2.75) is 38.8 Å². The molecule has 0 aromatic carbocycles. The number of amides is 1. The lowest BCUT2D eigenvalue weighted by Crippen LogP contribution is -2.47. The van der Waals surface area contributed by atoms with Gasteiger partial charge in [-0.2, -0.15) is 0 Å². The summed E-state index contributed by atoms with van der Waals surface area (Å²) in [5.74, 6) is -0.945. The first kappa shape index (κ1) is 16.9. The molecule has 0 heterocycles. The summed E-state index contributed by atoms with van der Waals surface area (Å²) in [6.45, 7) is 4.72. The topological polar surface area (TPSA) is 95.7 Å². The van der Waals surface area contributed by atoms with Crippen LogP contribution in [0.5, 0.6) is 0 Å². The van der Waals surface area contributed by atoms with Gasteiger partial charge in [0.05, 0.1) is 12.5 Å². The molecule has 0 saturated heterocycles. The predicted molar refractivity (Wildman–Crippen MR) is 70.2 cm³/mol. The lowest BCUT2D eigenvalue weighted by Gasteiger charge is -2.26. The van der Waals surface area contributed by atoms with Gasteiger partial charge in [0, 0.05) is 12.6 Å². The van der Waals surface area contributed by atoms with Gasteiger partial charge in [-0.25, -0.2) is 0 Å². The van der Waals surface area contributed by atoms with Gasteiger partial charge >= 0.3 is 5.97 Å². The van der Waals surface area contributed by atoms with Crippen LogP contribution in [0.25, 0.3) is 0 Å². The van der Waals surface area contributed by atoms with E-state index < -0.39 is 17.9 Å². The number of carbonyl (C=O) groups excluding carboxylic acids is 1. The first-order chi connectivity index (χ1) is 8.23. The number of hydrogen-bond donors (Lipinski definition) is 3. The first-order valence-corrected chi connectivity index (χ1v) is 6.15. The molecule has 4 N–H and O–H groups in total. The fraction of sp³-hybridized carbons (Fsp3) is 0.833. The van der Waals surface area contributed by atoms with Crippen molar-refractivity contribution in [3.63, 3.8) is 0 Å². The molecule has 0 bridgehead atoms. The zero-order valence-electron chi connectivity index (χ0n) is 11.6. The van der Waals surface area contributed by atoms with Crippen LogP contribution in [0.2, 0.25) is 0 Å². The molecule has 2 unspecified atom stereocenters. The van der Waals surface area contributed by atoms with E-state index in [-0.39, 0.29) is 12.5 Å². The molecule has 0 aliphatic rings. The highest BCUT2D eigenvalue weighted by molar-refractivity contribution is 5.85. The second-order valence-corrected chi connectivity index (χ2v) is 5.20. The standard InChI is InChI=1S/C12H25N3O3/c1-8(2)5-9(15(3)4)7-14-12(18)10(13)6-11(16)17/h8-10H,5-7,13H2,1-4H3,(H,14,18)(H,16,17). The van der Waals surface area contributed by atoms with Gasteiger partial charge in [0.1, 0.15) is 0 Å². The Balaban J connectivity index is 4.18. The monoisotopic (exact) mass is 259 g/mol. The smallest absolute Gasteiger partial charge is 0.305 e. The number of nitrogens with one attached hydrogen (secondary N) is 1. The third kappa shape index (κ3) is 7.24. The summed E-state index contributed by atoms with van der Waals surface area (Å²) in [7, 11) is 3.91. The lowest BCUT2D eigenvalue weighted by atomic mass is 10.0. The van der Waals surface area contributed by atoms with Crippen LogP contribution in [0.1, 0.15) is 26.7 Å². The van der Waals surface area contributed by atoms with Crippen molar-refractivity contribution in [2.24, 2.45) is 11.7 Å². The molecule has 0 saturated carbocycles. The van der Waals surface area contributed by atoms with Gasteiger partial charge in [0.25, 0.3) is 0 Å². The summed E-state index contributed by atoms with van der Waals surface area (Å²) >= 11 is 0. The number of likely N-dealkylation sites (N-methyl/N-ethyl adjacent to an activating group) is 1. The van der Waals surface area contributed by atoms with Crippen LogP contribution in [-0.4, -0.2) is 54.6 Å². The average molecular weight is 259 g/mol. The van der Waals surface area contributed by atoms with E-state index in [4.69, 9.17) is 10.8 Å². The second-order valence-electron chi connectivity index (χ2n) is 5.20. The Morgan fingerprint density at radius 3 is 2.28 bits per heavy atom. The van der Waals surface area contributed by atoms with Gasteiger partial charge in [-0.05, 0) is 26.4 Å². The van der Waals surface area contributed by atoms with Crippen LogP contribution in [0, 0.1) is 5.92 Å². The van der Waals surface area contributed by atoms with Crippen molar-refractivity contribution < 1.29 is 14.7 Å². The number of carbonyl (C=O) groups is 2. The van der Waals surface area contributed by atoms with Crippen LogP contribution >= 0.6 is 0 Å². The maximum Gasteiger partial charge on any atom is 0.305 e. The normalized spacial score (nSPS) is 14.6. The SMILES string of the molecule is CC(C)CC(CNC(=O)C(N)CC(=O)O)N(C)C. The zero-order valence-corrected chi connectivity index (χ0v) is 11.6. The Morgan fingerprint density at radius 1 is 1.33 bits per heavy atom. The Kier molecular flexibility index (Phi) is 7.54. The van der Waals surface area contributed by atoms with Crippen molar-refractivity contribution in [2.75, 3.05) is 20.6 Å². The van der Waals surface area contributed by atoms with Gasteiger partial charge in [0.2, 0.25) is 5.91 Å². The van der Waals surface area contributed by atoms with Crippen LogP contribution in [0.4, 0.5) is 0 Å². The number of aliphatic carboxylic acids is 1. The molecule has 0 aromatic rings. The average Bonchev–Trinajstić information content (AvgIpc) is 2.21. The number of carboxylic acids is 1. The van der Waals surface area contributed by atoms with Crippen LogP contribution in [0.15, 0.2) is 0 Å². The summed E-state index contributed by atoms with van der Waals surface area (Å²) in [6.07, 6.45) is 0.615. The summed E-state index contributed by atoms with van der Waals surface area (Å²) < 4.78 is 0. The zero-order chi connectivity index (χ0) is 14.3. The molecule has 0 spiro atoms. The van der Waals surface area contributed by atoms with E-state index >= 15 is 0 Å². The first-order valence-electron chi connectivity index (χ1n) is 6.15. The molecule has 0 rings (SSSR count). The molecule has 0 aliphatic heterocycles. The molecule has 18 heavy (non-hydrogen) atoms. The number of rotatable bonds is 8. The fourth-order valence-electron chi connectivity index (χ4n) is 1.65. The minimum Gasteiger partial charge on any atom is -0.481 e. The van der Waals surface area contributed by atoms with Crippen LogP contribution in [0.3, 0.4) is 0 Å². The third-order valence-electron chi connectivity index (χ3n) is 2.72. The molecule has 0 aromatic heterocycles. The maximum absolute atomic E-state index is 11.6.